The van der Waals surface area contributed by atoms with E-state index in [2.05, 4.69) is 31.3 Å². The van der Waals surface area contributed by atoms with Crippen LogP contribution in [0.3, 0.4) is 0 Å². The number of benzene rings is 1. The van der Waals surface area contributed by atoms with E-state index < -0.39 is 24.6 Å². The minimum Gasteiger partial charge on any atom is -0.479 e. The molecular weight excluding hydrogens is 390 g/mol. The summed E-state index contributed by atoms with van der Waals surface area (Å²) in [5.74, 6) is -1.65. The van der Waals surface area contributed by atoms with Gasteiger partial charge in [-0.3, -0.25) is 4.79 Å². The fourth-order valence-electron chi connectivity index (χ4n) is 2.46. The lowest BCUT2D eigenvalue weighted by Crippen LogP contribution is -2.24. The van der Waals surface area contributed by atoms with Crippen LogP contribution in [-0.2, 0) is 20.9 Å². The van der Waals surface area contributed by atoms with Gasteiger partial charge in [0, 0.05) is 13.0 Å². The molecule has 0 saturated carbocycles. The predicted molar refractivity (Wildman–Crippen MR) is 112 cm³/mol. The molecule has 0 aliphatic carbocycles. The fraction of sp³-hybridized carbons (Fsp3) is 0.500. The van der Waals surface area contributed by atoms with Gasteiger partial charge in [0.25, 0.3) is 0 Å². The standard InChI is InChI=1S/C22H31NO7/c1-15(2)8-6-4-5-7-9-20(24)23-13-17-10-11-18(30-16(3)22(27)28)19(12-17)29-14-21(25)26/h6,8,10-12,15-16H,4-5,7,9,13-14H2,1-3H3,(H,23,24)(H,25,26)(H,27,28). The summed E-state index contributed by atoms with van der Waals surface area (Å²) in [5, 5.41) is 20.6. The normalized spacial score (nSPS) is 12.0. The van der Waals surface area contributed by atoms with Crippen molar-refractivity contribution in [2.75, 3.05) is 6.61 Å². The summed E-state index contributed by atoms with van der Waals surface area (Å²) in [4.78, 5) is 33.8. The van der Waals surface area contributed by atoms with Crippen LogP contribution in [0, 0.1) is 5.92 Å². The van der Waals surface area contributed by atoms with Crippen LogP contribution in [0.1, 0.15) is 52.0 Å². The van der Waals surface area contributed by atoms with Crippen molar-refractivity contribution in [3.63, 3.8) is 0 Å². The minimum absolute atomic E-state index is 0.0735. The van der Waals surface area contributed by atoms with Crippen LogP contribution < -0.4 is 14.8 Å². The molecule has 0 spiro atoms. The van der Waals surface area contributed by atoms with Crippen molar-refractivity contribution < 1.29 is 34.1 Å². The van der Waals surface area contributed by atoms with E-state index in [9.17, 15) is 14.4 Å². The van der Waals surface area contributed by atoms with Gasteiger partial charge in [0.05, 0.1) is 0 Å². The van der Waals surface area contributed by atoms with Gasteiger partial charge in [-0.05, 0) is 49.8 Å². The van der Waals surface area contributed by atoms with Crippen molar-refractivity contribution in [1.82, 2.24) is 5.32 Å². The molecule has 1 rings (SSSR count). The second-order valence-corrected chi connectivity index (χ2v) is 7.26. The summed E-state index contributed by atoms with van der Waals surface area (Å²) >= 11 is 0. The molecule has 0 aliphatic heterocycles. The van der Waals surface area contributed by atoms with Crippen LogP contribution in [0.25, 0.3) is 0 Å². The number of carboxylic acid groups (broad SMARTS) is 2. The van der Waals surface area contributed by atoms with Crippen molar-refractivity contribution in [2.45, 2.75) is 59.1 Å². The number of hydrogen-bond acceptors (Lipinski definition) is 5. The van der Waals surface area contributed by atoms with E-state index in [4.69, 9.17) is 19.7 Å². The highest BCUT2D eigenvalue weighted by Crippen LogP contribution is 2.29. The molecule has 3 N–H and O–H groups in total. The van der Waals surface area contributed by atoms with Crippen molar-refractivity contribution in [1.29, 1.82) is 0 Å². The van der Waals surface area contributed by atoms with Gasteiger partial charge in [-0.15, -0.1) is 0 Å². The number of carbonyl (C=O) groups is 3. The molecule has 0 saturated heterocycles. The van der Waals surface area contributed by atoms with E-state index in [1.165, 1.54) is 19.1 Å². The molecule has 1 atom stereocenters. The lowest BCUT2D eigenvalue weighted by Gasteiger charge is -2.16. The van der Waals surface area contributed by atoms with Gasteiger partial charge in [-0.25, -0.2) is 9.59 Å². The summed E-state index contributed by atoms with van der Waals surface area (Å²) in [6, 6.07) is 4.69. The molecule has 30 heavy (non-hydrogen) atoms. The molecule has 0 heterocycles. The molecule has 0 radical (unpaired) electrons. The summed E-state index contributed by atoms with van der Waals surface area (Å²) < 4.78 is 10.5. The molecular formula is C22H31NO7. The zero-order valence-electron chi connectivity index (χ0n) is 17.7. The SMILES string of the molecule is CC(C)C=CCCCCC(=O)NCc1ccc(OC(C)C(=O)O)c(OCC(=O)O)c1. The zero-order chi connectivity index (χ0) is 22.5. The van der Waals surface area contributed by atoms with E-state index in [0.29, 0.717) is 17.9 Å². The van der Waals surface area contributed by atoms with Gasteiger partial charge in [0.1, 0.15) is 0 Å². The number of carboxylic acids is 2. The molecule has 0 aromatic heterocycles. The third kappa shape index (κ3) is 10.5. The smallest absolute Gasteiger partial charge is 0.344 e. The summed E-state index contributed by atoms with van der Waals surface area (Å²) in [6.45, 7) is 5.24. The third-order valence-corrected chi connectivity index (χ3v) is 4.05. The Morgan fingerprint density at radius 1 is 1.10 bits per heavy atom. The zero-order valence-corrected chi connectivity index (χ0v) is 17.7. The number of nitrogens with one attached hydrogen (secondary N) is 1. The Morgan fingerprint density at radius 3 is 2.47 bits per heavy atom. The third-order valence-electron chi connectivity index (χ3n) is 4.05. The van der Waals surface area contributed by atoms with Crippen molar-refractivity contribution >= 4 is 17.8 Å². The van der Waals surface area contributed by atoms with Gasteiger partial charge in [0.2, 0.25) is 5.91 Å². The predicted octanol–water partition coefficient (Wildman–Crippen LogP) is 3.39. The van der Waals surface area contributed by atoms with E-state index in [0.717, 1.165) is 19.3 Å². The first-order valence-corrected chi connectivity index (χ1v) is 9.99. The maximum Gasteiger partial charge on any atom is 0.344 e. The van der Waals surface area contributed by atoms with Gasteiger partial charge in [-0.2, -0.15) is 0 Å². The molecule has 1 unspecified atom stereocenters. The quantitative estimate of drug-likeness (QED) is 0.311. The van der Waals surface area contributed by atoms with Crippen molar-refractivity contribution in [2.24, 2.45) is 5.92 Å². The number of ether oxygens (including phenoxy) is 2. The monoisotopic (exact) mass is 421 g/mol. The summed E-state index contributed by atoms with van der Waals surface area (Å²) in [7, 11) is 0. The average molecular weight is 421 g/mol. The number of hydrogen-bond donors (Lipinski definition) is 3. The fourth-order valence-corrected chi connectivity index (χ4v) is 2.46. The number of aliphatic carboxylic acids is 2. The lowest BCUT2D eigenvalue weighted by atomic mass is 10.1. The average Bonchev–Trinajstić information content (AvgIpc) is 2.68. The lowest BCUT2D eigenvalue weighted by molar-refractivity contribution is -0.144. The number of unbranched alkanes of at least 4 members (excludes halogenated alkanes) is 2. The highest BCUT2D eigenvalue weighted by molar-refractivity contribution is 5.76. The molecule has 0 bridgehead atoms. The topological polar surface area (TPSA) is 122 Å². The maximum absolute atomic E-state index is 12.0. The highest BCUT2D eigenvalue weighted by atomic mass is 16.5. The van der Waals surface area contributed by atoms with Gasteiger partial charge < -0.3 is 25.0 Å². The van der Waals surface area contributed by atoms with E-state index in [1.807, 2.05) is 0 Å². The maximum atomic E-state index is 12.0. The molecule has 8 nitrogen and oxygen atoms in total. The largest absolute Gasteiger partial charge is 0.479 e. The van der Waals surface area contributed by atoms with E-state index in [1.54, 1.807) is 6.07 Å². The molecule has 166 valence electrons. The second kappa shape index (κ2) is 13.2. The molecule has 1 aromatic carbocycles. The first kappa shape index (κ1) is 25.0. The summed E-state index contributed by atoms with van der Waals surface area (Å²) in [6.07, 6.45) is 6.27. The van der Waals surface area contributed by atoms with Gasteiger partial charge >= 0.3 is 11.9 Å². The van der Waals surface area contributed by atoms with Gasteiger partial charge in [-0.1, -0.05) is 32.1 Å². The minimum atomic E-state index is -1.17. The van der Waals surface area contributed by atoms with Crippen LogP contribution >= 0.6 is 0 Å². The number of allylic oxidation sites excluding steroid dienone is 2. The van der Waals surface area contributed by atoms with Crippen molar-refractivity contribution in [3.8, 4) is 11.5 Å². The Labute approximate surface area is 176 Å². The molecule has 8 heteroatoms. The van der Waals surface area contributed by atoms with Gasteiger partial charge in [0.15, 0.2) is 24.2 Å². The highest BCUT2D eigenvalue weighted by Gasteiger charge is 2.17. The van der Waals surface area contributed by atoms with E-state index >= 15 is 0 Å². The Balaban J connectivity index is 2.59. The van der Waals surface area contributed by atoms with Crippen LogP contribution in [0.15, 0.2) is 30.4 Å². The first-order valence-electron chi connectivity index (χ1n) is 9.99. The Bertz CT molecular complexity index is 743. The number of amides is 1. The van der Waals surface area contributed by atoms with Crippen LogP contribution in [-0.4, -0.2) is 40.8 Å². The first-order chi connectivity index (χ1) is 14.2. The number of carbonyl (C=O) groups excluding carboxylic acids is 1. The molecule has 0 aliphatic rings. The number of rotatable bonds is 14. The second-order valence-electron chi connectivity index (χ2n) is 7.26. The molecule has 0 fully saturated rings. The van der Waals surface area contributed by atoms with Crippen LogP contribution in [0.5, 0.6) is 11.5 Å². The Morgan fingerprint density at radius 2 is 1.83 bits per heavy atom. The molecule has 1 amide bonds. The molecule has 1 aromatic rings. The van der Waals surface area contributed by atoms with E-state index in [-0.39, 0.29) is 24.0 Å². The summed E-state index contributed by atoms with van der Waals surface area (Å²) in [5.41, 5.74) is 0.680. The van der Waals surface area contributed by atoms with Crippen LogP contribution in [0.2, 0.25) is 0 Å². The Kier molecular flexibility index (Phi) is 11.0. The van der Waals surface area contributed by atoms with Crippen molar-refractivity contribution in [3.05, 3.63) is 35.9 Å². The Hall–Kier alpha value is -3.03. The van der Waals surface area contributed by atoms with Crippen LogP contribution in [0.4, 0.5) is 0 Å².